The van der Waals surface area contributed by atoms with Crippen molar-refractivity contribution in [3.05, 3.63) is 35.9 Å². The van der Waals surface area contributed by atoms with Gasteiger partial charge in [0.15, 0.2) is 6.23 Å². The first-order chi connectivity index (χ1) is 8.31. The fourth-order valence-corrected chi connectivity index (χ4v) is 2.20. The minimum atomic E-state index is -0.277. The summed E-state index contributed by atoms with van der Waals surface area (Å²) in [6.45, 7) is 2.26. The van der Waals surface area contributed by atoms with Crippen LogP contribution in [0.4, 0.5) is 0 Å². The second-order valence-corrected chi connectivity index (χ2v) is 4.37. The normalized spacial score (nSPS) is 19.8. The second kappa shape index (κ2) is 5.80. The summed E-state index contributed by atoms with van der Waals surface area (Å²) in [5.74, 6) is 0. The first-order valence-electron chi connectivity index (χ1n) is 5.95. The molecule has 4 heteroatoms. The van der Waals surface area contributed by atoms with E-state index in [1.54, 1.807) is 0 Å². The number of carbonyl (C=O) groups excluding carboxylic acids is 1. The summed E-state index contributed by atoms with van der Waals surface area (Å²) in [6.07, 6.45) is 1.62. The molecule has 17 heavy (non-hydrogen) atoms. The molecule has 92 valence electrons. The monoisotopic (exact) mass is 234 g/mol. The van der Waals surface area contributed by atoms with Gasteiger partial charge in [-0.2, -0.15) is 0 Å². The number of hydrogen-bond donors (Lipinski definition) is 1. The van der Waals surface area contributed by atoms with Crippen LogP contribution in [-0.2, 0) is 9.53 Å². The van der Waals surface area contributed by atoms with Crippen LogP contribution in [0.5, 0.6) is 0 Å². The molecular formula is C13H18N2O2. The van der Waals surface area contributed by atoms with Crippen LogP contribution in [0.25, 0.3) is 0 Å². The van der Waals surface area contributed by atoms with Crippen molar-refractivity contribution < 1.29 is 9.53 Å². The quantitative estimate of drug-likeness (QED) is 0.797. The minimum Gasteiger partial charge on any atom is -0.444 e. The van der Waals surface area contributed by atoms with Gasteiger partial charge in [-0.05, 0) is 12.8 Å². The van der Waals surface area contributed by atoms with Crippen molar-refractivity contribution >= 4 is 6.47 Å². The molecular weight excluding hydrogens is 216 g/mol. The summed E-state index contributed by atoms with van der Waals surface area (Å²) < 4.78 is 5.21. The molecule has 1 aromatic rings. The molecule has 0 aromatic heterocycles. The molecule has 2 N–H and O–H groups in total. The molecule has 2 rings (SSSR count). The standard InChI is InChI=1S/C13H18N2O2/c14-12-6-8-15(9-7-12)13(17-10-16)11-4-2-1-3-5-11/h1-5,10,12-13H,6-9,14H2. The van der Waals surface area contributed by atoms with E-state index in [2.05, 4.69) is 4.90 Å². The van der Waals surface area contributed by atoms with Gasteiger partial charge in [0.1, 0.15) is 0 Å². The van der Waals surface area contributed by atoms with Crippen LogP contribution in [-0.4, -0.2) is 30.5 Å². The summed E-state index contributed by atoms with van der Waals surface area (Å²) in [4.78, 5) is 12.8. The van der Waals surface area contributed by atoms with Gasteiger partial charge in [0.2, 0.25) is 0 Å². The highest BCUT2D eigenvalue weighted by Crippen LogP contribution is 2.24. The van der Waals surface area contributed by atoms with Gasteiger partial charge >= 0.3 is 0 Å². The third-order valence-corrected chi connectivity index (χ3v) is 3.18. The van der Waals surface area contributed by atoms with Crippen LogP contribution in [0.2, 0.25) is 0 Å². The van der Waals surface area contributed by atoms with Crippen LogP contribution >= 0.6 is 0 Å². The van der Waals surface area contributed by atoms with Gasteiger partial charge in [0, 0.05) is 24.7 Å². The molecule has 4 nitrogen and oxygen atoms in total. The van der Waals surface area contributed by atoms with E-state index in [1.807, 2.05) is 30.3 Å². The lowest BCUT2D eigenvalue weighted by Gasteiger charge is -2.35. The summed E-state index contributed by atoms with van der Waals surface area (Å²) in [6, 6.07) is 10.1. The Labute approximate surface area is 101 Å². The number of nitrogens with two attached hydrogens (primary N) is 1. The van der Waals surface area contributed by atoms with E-state index in [0.29, 0.717) is 6.47 Å². The van der Waals surface area contributed by atoms with Gasteiger partial charge in [0.25, 0.3) is 6.47 Å². The molecule has 1 aromatic carbocycles. The third kappa shape index (κ3) is 3.05. The Morgan fingerprint density at radius 1 is 1.29 bits per heavy atom. The molecule has 0 bridgehead atoms. The Morgan fingerprint density at radius 2 is 1.94 bits per heavy atom. The molecule has 1 unspecified atom stereocenters. The van der Waals surface area contributed by atoms with E-state index < -0.39 is 0 Å². The van der Waals surface area contributed by atoms with Crippen LogP contribution in [0.15, 0.2) is 30.3 Å². The van der Waals surface area contributed by atoms with Crippen molar-refractivity contribution in [3.63, 3.8) is 0 Å². The van der Waals surface area contributed by atoms with Crippen molar-refractivity contribution in [1.29, 1.82) is 0 Å². The highest BCUT2D eigenvalue weighted by molar-refractivity contribution is 5.38. The van der Waals surface area contributed by atoms with E-state index in [4.69, 9.17) is 10.5 Å². The van der Waals surface area contributed by atoms with Gasteiger partial charge < -0.3 is 10.5 Å². The zero-order valence-corrected chi connectivity index (χ0v) is 9.79. The van der Waals surface area contributed by atoms with Gasteiger partial charge in [-0.3, -0.25) is 9.69 Å². The SMILES string of the molecule is NC1CCN(C(OC=O)c2ccccc2)CC1. The maximum atomic E-state index is 10.6. The maximum Gasteiger partial charge on any atom is 0.294 e. The van der Waals surface area contributed by atoms with Gasteiger partial charge in [-0.15, -0.1) is 0 Å². The lowest BCUT2D eigenvalue weighted by atomic mass is 10.0. The second-order valence-electron chi connectivity index (χ2n) is 4.37. The van der Waals surface area contributed by atoms with E-state index >= 15 is 0 Å². The smallest absolute Gasteiger partial charge is 0.294 e. The maximum absolute atomic E-state index is 10.6. The first-order valence-corrected chi connectivity index (χ1v) is 5.95. The summed E-state index contributed by atoms with van der Waals surface area (Å²) >= 11 is 0. The highest BCUT2D eigenvalue weighted by Gasteiger charge is 2.25. The number of ether oxygens (including phenoxy) is 1. The molecule has 0 radical (unpaired) electrons. The number of rotatable bonds is 4. The van der Waals surface area contributed by atoms with Crippen LogP contribution in [0, 0.1) is 0 Å². The number of benzene rings is 1. The molecule has 1 atom stereocenters. The fourth-order valence-electron chi connectivity index (χ4n) is 2.20. The Bertz CT molecular complexity index is 348. The van der Waals surface area contributed by atoms with Crippen molar-refractivity contribution in [1.82, 2.24) is 4.90 Å². The number of hydrogen-bond acceptors (Lipinski definition) is 4. The fraction of sp³-hybridized carbons (Fsp3) is 0.462. The van der Waals surface area contributed by atoms with Gasteiger partial charge in [-0.1, -0.05) is 30.3 Å². The third-order valence-electron chi connectivity index (χ3n) is 3.18. The topological polar surface area (TPSA) is 55.6 Å². The first kappa shape index (κ1) is 12.1. The average molecular weight is 234 g/mol. The molecule has 0 amide bonds. The van der Waals surface area contributed by atoms with Crippen LogP contribution < -0.4 is 5.73 Å². The van der Waals surface area contributed by atoms with E-state index in [1.165, 1.54) is 0 Å². The van der Waals surface area contributed by atoms with Crippen molar-refractivity contribution in [2.75, 3.05) is 13.1 Å². The Morgan fingerprint density at radius 3 is 2.53 bits per heavy atom. The number of piperidine rings is 1. The van der Waals surface area contributed by atoms with Crippen molar-refractivity contribution in [2.45, 2.75) is 25.1 Å². The van der Waals surface area contributed by atoms with E-state index in [9.17, 15) is 4.79 Å². The average Bonchev–Trinajstić information content (AvgIpc) is 2.38. The Balaban J connectivity index is 2.09. The number of nitrogens with zero attached hydrogens (tertiary/aromatic N) is 1. The zero-order chi connectivity index (χ0) is 12.1. The molecule has 1 saturated heterocycles. The summed E-state index contributed by atoms with van der Waals surface area (Å²) in [7, 11) is 0. The van der Waals surface area contributed by atoms with Crippen molar-refractivity contribution in [2.24, 2.45) is 5.73 Å². The lowest BCUT2D eigenvalue weighted by Crippen LogP contribution is -2.42. The summed E-state index contributed by atoms with van der Waals surface area (Å²) in [5.41, 5.74) is 6.88. The van der Waals surface area contributed by atoms with E-state index in [0.717, 1.165) is 31.5 Å². The van der Waals surface area contributed by atoms with E-state index in [-0.39, 0.29) is 12.3 Å². The zero-order valence-electron chi connectivity index (χ0n) is 9.79. The molecule has 0 spiro atoms. The highest BCUT2D eigenvalue weighted by atomic mass is 16.5. The predicted octanol–water partition coefficient (Wildman–Crippen LogP) is 1.28. The number of likely N-dealkylation sites (tertiary alicyclic amines) is 1. The molecule has 1 aliphatic rings. The molecule has 1 fully saturated rings. The Kier molecular flexibility index (Phi) is 4.12. The van der Waals surface area contributed by atoms with Gasteiger partial charge in [0.05, 0.1) is 0 Å². The lowest BCUT2D eigenvalue weighted by molar-refractivity contribution is -0.145. The summed E-state index contributed by atoms with van der Waals surface area (Å²) in [5, 5.41) is 0. The van der Waals surface area contributed by atoms with Crippen molar-refractivity contribution in [3.8, 4) is 0 Å². The Hall–Kier alpha value is -1.39. The largest absolute Gasteiger partial charge is 0.444 e. The predicted molar refractivity (Wildman–Crippen MR) is 65.1 cm³/mol. The van der Waals surface area contributed by atoms with Crippen LogP contribution in [0.3, 0.4) is 0 Å². The van der Waals surface area contributed by atoms with Crippen LogP contribution in [0.1, 0.15) is 24.6 Å². The molecule has 0 saturated carbocycles. The minimum absolute atomic E-state index is 0.277. The molecule has 0 aliphatic carbocycles. The molecule has 1 heterocycles. The molecule has 1 aliphatic heterocycles. The van der Waals surface area contributed by atoms with Gasteiger partial charge in [-0.25, -0.2) is 0 Å². The number of carbonyl (C=O) groups is 1.